The molecule has 1 unspecified atom stereocenters. The van der Waals surface area contributed by atoms with Gasteiger partial charge in [-0.15, -0.1) is 0 Å². The first-order chi connectivity index (χ1) is 15.5. The number of morpholine rings is 1. The normalized spacial score (nSPS) is 20.9. The third-order valence-corrected chi connectivity index (χ3v) is 5.58. The van der Waals surface area contributed by atoms with Crippen molar-refractivity contribution in [1.29, 1.82) is 0 Å². The van der Waals surface area contributed by atoms with Crippen molar-refractivity contribution in [1.82, 2.24) is 4.90 Å². The number of halogens is 3. The average Bonchev–Trinajstić information content (AvgIpc) is 3.12. The summed E-state index contributed by atoms with van der Waals surface area (Å²) in [5, 5.41) is 0. The first-order valence-electron chi connectivity index (χ1n) is 10.8. The molecule has 0 bridgehead atoms. The van der Waals surface area contributed by atoms with Crippen molar-refractivity contribution >= 4 is 11.8 Å². The van der Waals surface area contributed by atoms with Crippen LogP contribution >= 0.6 is 0 Å². The number of carbonyl (C=O) groups excluding carboxylic acids is 1. The molecule has 178 valence electrons. The maximum atomic E-state index is 14.2. The molecule has 1 spiro atoms. The molecule has 33 heavy (non-hydrogen) atoms. The standard InChI is InChI=1S/C24H27F3N2O4/c1-23(2,3)33-22(30)29-9-10-31-24(15-29)7-8-28(14-24)20-12-18(26)19(27)13-21(20)32-17-6-4-5-16(25)11-17/h4-6,11-13H,7-10,14-15H2,1-3H3. The Hall–Kier alpha value is -2.94. The smallest absolute Gasteiger partial charge is 0.410 e. The number of ether oxygens (including phenoxy) is 3. The van der Waals surface area contributed by atoms with Crippen molar-refractivity contribution in [3.05, 3.63) is 53.8 Å². The molecule has 0 radical (unpaired) electrons. The lowest BCUT2D eigenvalue weighted by Crippen LogP contribution is -2.55. The molecule has 2 aliphatic rings. The van der Waals surface area contributed by atoms with Crippen LogP contribution in [0.5, 0.6) is 11.5 Å². The number of hydrogen-bond acceptors (Lipinski definition) is 5. The third-order valence-electron chi connectivity index (χ3n) is 5.58. The molecule has 0 aromatic heterocycles. The van der Waals surface area contributed by atoms with Gasteiger partial charge in [0.15, 0.2) is 17.4 Å². The van der Waals surface area contributed by atoms with Crippen molar-refractivity contribution < 1.29 is 32.2 Å². The van der Waals surface area contributed by atoms with Gasteiger partial charge in [0.05, 0.1) is 18.8 Å². The number of benzene rings is 2. The van der Waals surface area contributed by atoms with Crippen LogP contribution in [0.25, 0.3) is 0 Å². The van der Waals surface area contributed by atoms with E-state index in [-0.39, 0.29) is 11.5 Å². The number of hydrogen-bond donors (Lipinski definition) is 0. The molecule has 1 atom stereocenters. The lowest BCUT2D eigenvalue weighted by Gasteiger charge is -2.40. The van der Waals surface area contributed by atoms with E-state index >= 15 is 0 Å². The van der Waals surface area contributed by atoms with Gasteiger partial charge in [0.25, 0.3) is 0 Å². The summed E-state index contributed by atoms with van der Waals surface area (Å²) in [5.74, 6) is -2.35. The van der Waals surface area contributed by atoms with E-state index in [1.807, 2.05) is 25.7 Å². The Kier molecular flexibility index (Phi) is 6.18. The maximum Gasteiger partial charge on any atom is 0.410 e. The van der Waals surface area contributed by atoms with Crippen LogP contribution in [0.2, 0.25) is 0 Å². The van der Waals surface area contributed by atoms with E-state index in [1.54, 1.807) is 4.90 Å². The van der Waals surface area contributed by atoms with Crippen molar-refractivity contribution in [2.75, 3.05) is 37.7 Å². The van der Waals surface area contributed by atoms with E-state index in [9.17, 15) is 18.0 Å². The fourth-order valence-electron chi connectivity index (χ4n) is 4.13. The molecule has 2 fully saturated rings. The first kappa shape index (κ1) is 23.2. The lowest BCUT2D eigenvalue weighted by atomic mass is 10.0. The maximum absolute atomic E-state index is 14.2. The number of amides is 1. The molecular formula is C24H27F3N2O4. The summed E-state index contributed by atoms with van der Waals surface area (Å²) >= 11 is 0. The van der Waals surface area contributed by atoms with Crippen LogP contribution in [-0.2, 0) is 9.47 Å². The van der Waals surface area contributed by atoms with Gasteiger partial charge in [-0.05, 0) is 39.3 Å². The molecule has 2 heterocycles. The molecule has 2 saturated heterocycles. The molecule has 1 amide bonds. The van der Waals surface area contributed by atoms with Crippen LogP contribution in [-0.4, -0.2) is 55.0 Å². The predicted octanol–water partition coefficient (Wildman–Crippen LogP) is 5.11. The monoisotopic (exact) mass is 464 g/mol. The average molecular weight is 464 g/mol. The molecule has 2 aromatic rings. The second kappa shape index (κ2) is 8.78. The van der Waals surface area contributed by atoms with Gasteiger partial charge in [0.1, 0.15) is 22.8 Å². The molecule has 2 aliphatic heterocycles. The Balaban J connectivity index is 1.55. The summed E-state index contributed by atoms with van der Waals surface area (Å²) in [6.45, 7) is 7.32. The summed E-state index contributed by atoms with van der Waals surface area (Å²) in [6.07, 6.45) is 0.164. The SMILES string of the molecule is CC(C)(C)OC(=O)N1CCOC2(CCN(c3cc(F)c(F)cc3Oc3cccc(F)c3)C2)C1. The number of anilines is 1. The lowest BCUT2D eigenvalue weighted by molar-refractivity contribution is -0.0958. The second-order valence-corrected chi connectivity index (χ2v) is 9.40. The molecule has 0 aliphatic carbocycles. The van der Waals surface area contributed by atoms with Crippen LogP contribution < -0.4 is 9.64 Å². The van der Waals surface area contributed by atoms with Crippen molar-refractivity contribution in [3.8, 4) is 11.5 Å². The molecular weight excluding hydrogens is 437 g/mol. The van der Waals surface area contributed by atoms with Crippen LogP contribution in [0.3, 0.4) is 0 Å². The van der Waals surface area contributed by atoms with E-state index in [0.717, 1.165) is 12.1 Å². The minimum Gasteiger partial charge on any atom is -0.455 e. The highest BCUT2D eigenvalue weighted by Crippen LogP contribution is 2.40. The molecule has 4 rings (SSSR count). The van der Waals surface area contributed by atoms with Gasteiger partial charge in [-0.3, -0.25) is 0 Å². The number of nitrogens with zero attached hydrogens (tertiary/aromatic N) is 2. The largest absolute Gasteiger partial charge is 0.455 e. The summed E-state index contributed by atoms with van der Waals surface area (Å²) in [5.41, 5.74) is -0.956. The van der Waals surface area contributed by atoms with Gasteiger partial charge in [0, 0.05) is 37.8 Å². The Bertz CT molecular complexity index is 1040. The van der Waals surface area contributed by atoms with E-state index < -0.39 is 34.7 Å². The van der Waals surface area contributed by atoms with Crippen LogP contribution in [0.15, 0.2) is 36.4 Å². The van der Waals surface area contributed by atoms with Gasteiger partial charge >= 0.3 is 6.09 Å². The van der Waals surface area contributed by atoms with Gasteiger partial charge < -0.3 is 24.0 Å². The zero-order chi connectivity index (χ0) is 23.8. The second-order valence-electron chi connectivity index (χ2n) is 9.40. The third kappa shape index (κ3) is 5.35. The van der Waals surface area contributed by atoms with Crippen LogP contribution in [0.1, 0.15) is 27.2 Å². The van der Waals surface area contributed by atoms with Gasteiger partial charge in [-0.25, -0.2) is 18.0 Å². The van der Waals surface area contributed by atoms with Gasteiger partial charge in [-0.1, -0.05) is 6.07 Å². The predicted molar refractivity (Wildman–Crippen MR) is 116 cm³/mol. The Morgan fingerprint density at radius 2 is 1.82 bits per heavy atom. The van der Waals surface area contributed by atoms with Crippen LogP contribution in [0, 0.1) is 17.5 Å². The summed E-state index contributed by atoms with van der Waals surface area (Å²) in [7, 11) is 0. The zero-order valence-electron chi connectivity index (χ0n) is 18.9. The topological polar surface area (TPSA) is 51.2 Å². The minimum absolute atomic E-state index is 0.0661. The molecule has 6 nitrogen and oxygen atoms in total. The Morgan fingerprint density at radius 3 is 2.55 bits per heavy atom. The summed E-state index contributed by atoms with van der Waals surface area (Å²) in [4.78, 5) is 16.0. The van der Waals surface area contributed by atoms with E-state index in [0.29, 0.717) is 44.9 Å². The van der Waals surface area contributed by atoms with E-state index in [2.05, 4.69) is 0 Å². The van der Waals surface area contributed by atoms with Crippen molar-refractivity contribution in [2.24, 2.45) is 0 Å². The van der Waals surface area contributed by atoms with Gasteiger partial charge in [-0.2, -0.15) is 0 Å². The number of carbonyl (C=O) groups is 1. The summed E-state index contributed by atoms with van der Waals surface area (Å²) in [6, 6.07) is 7.45. The van der Waals surface area contributed by atoms with Crippen LogP contribution in [0.4, 0.5) is 23.7 Å². The Labute approximate surface area is 190 Å². The van der Waals surface area contributed by atoms with E-state index in [4.69, 9.17) is 14.2 Å². The van der Waals surface area contributed by atoms with Gasteiger partial charge in [0.2, 0.25) is 0 Å². The first-order valence-corrected chi connectivity index (χ1v) is 10.8. The molecule has 2 aromatic carbocycles. The minimum atomic E-state index is -1.07. The fourth-order valence-corrected chi connectivity index (χ4v) is 4.13. The van der Waals surface area contributed by atoms with E-state index in [1.165, 1.54) is 24.3 Å². The number of rotatable bonds is 3. The molecule has 0 N–H and O–H groups in total. The quantitative estimate of drug-likeness (QED) is 0.632. The highest BCUT2D eigenvalue weighted by atomic mass is 19.2. The molecule has 9 heteroatoms. The molecule has 0 saturated carbocycles. The fraction of sp³-hybridized carbons (Fsp3) is 0.458. The highest BCUT2D eigenvalue weighted by molar-refractivity contribution is 5.68. The Morgan fingerprint density at radius 1 is 1.06 bits per heavy atom. The highest BCUT2D eigenvalue weighted by Gasteiger charge is 2.45. The van der Waals surface area contributed by atoms with Crippen molar-refractivity contribution in [2.45, 2.75) is 38.4 Å². The zero-order valence-corrected chi connectivity index (χ0v) is 18.9. The summed E-state index contributed by atoms with van der Waals surface area (Å²) < 4.78 is 59.0. The van der Waals surface area contributed by atoms with Crippen molar-refractivity contribution in [3.63, 3.8) is 0 Å².